The Balaban J connectivity index is 1.36. The van der Waals surface area contributed by atoms with E-state index in [1.165, 1.54) is 0 Å². The Morgan fingerprint density at radius 2 is 1.88 bits per heavy atom. The lowest BCUT2D eigenvalue weighted by Crippen LogP contribution is -2.47. The third kappa shape index (κ3) is 8.63. The van der Waals surface area contributed by atoms with Crippen LogP contribution in [-0.4, -0.2) is 72.8 Å². The number of nitrogens with one attached hydrogen (secondary N) is 1. The molecule has 2 fully saturated rings. The summed E-state index contributed by atoms with van der Waals surface area (Å²) in [6.45, 7) is 10.3. The number of carbonyl (C=O) groups is 2. The van der Waals surface area contributed by atoms with Crippen LogP contribution in [-0.2, 0) is 20.8 Å². The Hall–Kier alpha value is -1.54. The summed E-state index contributed by atoms with van der Waals surface area (Å²) < 4.78 is 11.3. The number of amides is 2. The molecule has 7 nitrogen and oxygen atoms in total. The molecule has 1 N–H and O–H groups in total. The summed E-state index contributed by atoms with van der Waals surface area (Å²) in [4.78, 5) is 28.7. The molecule has 1 aromatic rings. The molecule has 0 unspecified atom stereocenters. The Labute approximate surface area is 206 Å². The molecule has 2 aliphatic heterocycles. The predicted octanol–water partition coefficient (Wildman–Crippen LogP) is 4.35. The highest BCUT2D eigenvalue weighted by atomic mass is 35.5. The molecule has 0 aliphatic carbocycles. The van der Waals surface area contributed by atoms with Crippen LogP contribution in [0.2, 0.25) is 10.0 Å². The van der Waals surface area contributed by atoms with Crippen molar-refractivity contribution in [3.05, 3.63) is 33.8 Å². The van der Waals surface area contributed by atoms with Gasteiger partial charge >= 0.3 is 6.09 Å². The van der Waals surface area contributed by atoms with Crippen LogP contribution >= 0.6 is 23.2 Å². The van der Waals surface area contributed by atoms with Crippen LogP contribution < -0.4 is 5.32 Å². The van der Waals surface area contributed by atoms with Gasteiger partial charge in [0.25, 0.3) is 0 Å². The number of nitrogens with zero attached hydrogens (tertiary/aromatic N) is 2. The van der Waals surface area contributed by atoms with E-state index in [-0.39, 0.29) is 24.0 Å². The first-order chi connectivity index (χ1) is 15.6. The molecule has 2 amide bonds. The molecule has 9 heteroatoms. The lowest BCUT2D eigenvalue weighted by Gasteiger charge is -2.34. The van der Waals surface area contributed by atoms with E-state index in [0.717, 1.165) is 38.0 Å². The van der Waals surface area contributed by atoms with Crippen molar-refractivity contribution >= 4 is 35.2 Å². The molecule has 1 aromatic carbocycles. The summed E-state index contributed by atoms with van der Waals surface area (Å²) >= 11 is 12.1. The van der Waals surface area contributed by atoms with Gasteiger partial charge in [0, 0.05) is 45.7 Å². The third-order valence-electron chi connectivity index (χ3n) is 5.88. The maximum atomic E-state index is 12.5. The second kappa shape index (κ2) is 11.7. The van der Waals surface area contributed by atoms with Gasteiger partial charge in [0.2, 0.25) is 5.91 Å². The number of hydrogen-bond acceptors (Lipinski definition) is 5. The molecule has 184 valence electrons. The van der Waals surface area contributed by atoms with Crippen molar-refractivity contribution in [1.82, 2.24) is 15.1 Å². The van der Waals surface area contributed by atoms with Gasteiger partial charge in [0.1, 0.15) is 5.60 Å². The summed E-state index contributed by atoms with van der Waals surface area (Å²) in [6.07, 6.45) is 1.78. The van der Waals surface area contributed by atoms with Gasteiger partial charge in [0.15, 0.2) is 0 Å². The fraction of sp³-hybridized carbons (Fsp3) is 0.667. The predicted molar refractivity (Wildman–Crippen MR) is 130 cm³/mol. The van der Waals surface area contributed by atoms with Crippen molar-refractivity contribution in [1.29, 1.82) is 0 Å². The zero-order valence-corrected chi connectivity index (χ0v) is 21.3. The molecule has 0 radical (unpaired) electrons. The Morgan fingerprint density at radius 3 is 2.55 bits per heavy atom. The van der Waals surface area contributed by atoms with Crippen molar-refractivity contribution in [3.63, 3.8) is 0 Å². The third-order valence-corrected chi connectivity index (χ3v) is 6.62. The van der Waals surface area contributed by atoms with E-state index >= 15 is 0 Å². The van der Waals surface area contributed by atoms with E-state index < -0.39 is 5.60 Å². The van der Waals surface area contributed by atoms with E-state index in [1.54, 1.807) is 4.90 Å². The zero-order valence-electron chi connectivity index (χ0n) is 19.7. The van der Waals surface area contributed by atoms with Crippen molar-refractivity contribution in [2.75, 3.05) is 39.3 Å². The van der Waals surface area contributed by atoms with Crippen LogP contribution in [0.25, 0.3) is 0 Å². The van der Waals surface area contributed by atoms with Gasteiger partial charge in [-0.2, -0.15) is 0 Å². The van der Waals surface area contributed by atoms with E-state index in [0.29, 0.717) is 42.7 Å². The molecule has 2 heterocycles. The van der Waals surface area contributed by atoms with E-state index in [2.05, 4.69) is 10.2 Å². The van der Waals surface area contributed by atoms with Gasteiger partial charge in [-0.3, -0.25) is 9.69 Å². The summed E-state index contributed by atoms with van der Waals surface area (Å²) in [6, 6.07) is 5.69. The lowest BCUT2D eigenvalue weighted by molar-refractivity contribution is -0.123. The quantitative estimate of drug-likeness (QED) is 0.629. The van der Waals surface area contributed by atoms with Crippen LogP contribution in [0.4, 0.5) is 4.79 Å². The van der Waals surface area contributed by atoms with Crippen LogP contribution in [0.3, 0.4) is 0 Å². The summed E-state index contributed by atoms with van der Waals surface area (Å²) in [7, 11) is 0. The van der Waals surface area contributed by atoms with Gasteiger partial charge in [-0.1, -0.05) is 29.3 Å². The average molecular weight is 500 g/mol. The van der Waals surface area contributed by atoms with Gasteiger partial charge in [-0.05, 0) is 57.2 Å². The Kier molecular flexibility index (Phi) is 9.27. The first-order valence-electron chi connectivity index (χ1n) is 11.6. The number of hydrogen-bond donors (Lipinski definition) is 1. The van der Waals surface area contributed by atoms with Crippen molar-refractivity contribution in [2.45, 2.75) is 58.3 Å². The fourth-order valence-corrected chi connectivity index (χ4v) is 4.47. The second-order valence-electron chi connectivity index (χ2n) is 9.90. The molecular weight excluding hydrogens is 465 g/mol. The standard InChI is InChI=1S/C24H35Cl2N3O4/c1-24(2,3)33-23(31)29-8-6-17(7-9-29)13-22(30)27-14-19-16-28(10-11-32-19)15-18-4-5-20(25)21(26)12-18/h4-5,12,17,19H,6-11,13-16H2,1-3H3,(H,27,30)/t19-/m0/s1. The number of morpholine rings is 1. The number of carbonyl (C=O) groups excluding carboxylic acids is 2. The number of piperidine rings is 1. The fourth-order valence-electron chi connectivity index (χ4n) is 4.15. The Bertz CT molecular complexity index is 822. The molecule has 1 atom stereocenters. The van der Waals surface area contributed by atoms with Crippen molar-refractivity contribution in [3.8, 4) is 0 Å². The van der Waals surface area contributed by atoms with Crippen molar-refractivity contribution in [2.24, 2.45) is 5.92 Å². The summed E-state index contributed by atoms with van der Waals surface area (Å²) in [5.74, 6) is 0.318. The van der Waals surface area contributed by atoms with E-state index in [4.69, 9.17) is 32.7 Å². The molecule has 3 rings (SSSR count). The molecule has 0 saturated carbocycles. The monoisotopic (exact) mass is 499 g/mol. The second-order valence-corrected chi connectivity index (χ2v) is 10.7. The highest BCUT2D eigenvalue weighted by Gasteiger charge is 2.28. The van der Waals surface area contributed by atoms with E-state index in [9.17, 15) is 9.59 Å². The minimum absolute atomic E-state index is 0.0379. The lowest BCUT2D eigenvalue weighted by atomic mass is 9.93. The minimum atomic E-state index is -0.494. The SMILES string of the molecule is CC(C)(C)OC(=O)N1CCC(CC(=O)NC[C@H]2CN(Cc3ccc(Cl)c(Cl)c3)CCO2)CC1. The molecule has 0 aromatic heterocycles. The van der Waals surface area contributed by atoms with Gasteiger partial charge in [0.05, 0.1) is 22.8 Å². The van der Waals surface area contributed by atoms with Gasteiger partial charge in [-0.25, -0.2) is 4.79 Å². The maximum absolute atomic E-state index is 12.5. The molecule has 2 saturated heterocycles. The molecular formula is C24H35Cl2N3O4. The van der Waals surface area contributed by atoms with Gasteiger partial charge < -0.3 is 19.7 Å². The van der Waals surface area contributed by atoms with Gasteiger partial charge in [-0.15, -0.1) is 0 Å². The Morgan fingerprint density at radius 1 is 1.15 bits per heavy atom. The highest BCUT2D eigenvalue weighted by Crippen LogP contribution is 2.24. The van der Waals surface area contributed by atoms with Crippen LogP contribution in [0.5, 0.6) is 0 Å². The molecule has 2 aliphatic rings. The van der Waals surface area contributed by atoms with Crippen LogP contribution in [0.1, 0.15) is 45.6 Å². The zero-order chi connectivity index (χ0) is 24.0. The maximum Gasteiger partial charge on any atom is 0.410 e. The summed E-state index contributed by atoms with van der Waals surface area (Å²) in [5.41, 5.74) is 0.610. The molecule has 33 heavy (non-hydrogen) atoms. The number of benzene rings is 1. The topological polar surface area (TPSA) is 71.1 Å². The minimum Gasteiger partial charge on any atom is -0.444 e. The average Bonchev–Trinajstić information content (AvgIpc) is 2.74. The molecule has 0 bridgehead atoms. The number of ether oxygens (including phenoxy) is 2. The van der Waals surface area contributed by atoms with Crippen LogP contribution in [0, 0.1) is 5.92 Å². The normalized spacial score (nSPS) is 20.5. The number of halogens is 2. The van der Waals surface area contributed by atoms with E-state index in [1.807, 2.05) is 39.0 Å². The number of likely N-dealkylation sites (tertiary alicyclic amines) is 1. The number of rotatable bonds is 6. The largest absolute Gasteiger partial charge is 0.444 e. The summed E-state index contributed by atoms with van der Waals surface area (Å²) in [5, 5.41) is 4.14. The van der Waals surface area contributed by atoms with Crippen LogP contribution in [0.15, 0.2) is 18.2 Å². The first-order valence-corrected chi connectivity index (χ1v) is 12.4. The van der Waals surface area contributed by atoms with Crippen molar-refractivity contribution < 1.29 is 19.1 Å². The smallest absolute Gasteiger partial charge is 0.410 e. The molecule has 0 spiro atoms. The highest BCUT2D eigenvalue weighted by molar-refractivity contribution is 6.42. The first kappa shape index (κ1) is 26.1.